The number of fused-ring (bicyclic) bond motifs is 3. The van der Waals surface area contributed by atoms with Gasteiger partial charge in [0.15, 0.2) is 0 Å². The fourth-order valence-corrected chi connectivity index (χ4v) is 6.49. The number of carbonyl (C=O) groups excluding carboxylic acids is 2. The van der Waals surface area contributed by atoms with E-state index in [9.17, 15) is 9.59 Å². The fraction of sp³-hybridized carbons (Fsp3) is 0.714. The number of thiophene rings is 1. The normalized spacial score (nSPS) is 29.5. The third-order valence-corrected chi connectivity index (χ3v) is 7.63. The summed E-state index contributed by atoms with van der Waals surface area (Å²) >= 11 is 1.60. The molecule has 1 amide bonds. The Hall–Kier alpha value is -1.36. The molecule has 1 heterocycles. The molecule has 3 aliphatic rings. The molecule has 2 fully saturated rings. The minimum atomic E-state index is -0.262. The van der Waals surface area contributed by atoms with E-state index in [0.717, 1.165) is 48.6 Å². The first-order valence-corrected chi connectivity index (χ1v) is 11.0. The van der Waals surface area contributed by atoms with E-state index >= 15 is 0 Å². The van der Waals surface area contributed by atoms with Crippen LogP contribution in [0.3, 0.4) is 0 Å². The Morgan fingerprint density at radius 3 is 2.77 bits per heavy atom. The molecule has 4 atom stereocenters. The molecule has 1 aromatic heterocycles. The summed E-state index contributed by atoms with van der Waals surface area (Å²) in [6.07, 6.45) is 8.52. The molecule has 0 aromatic carbocycles. The monoisotopic (exact) mass is 375 g/mol. The molecule has 26 heavy (non-hydrogen) atoms. The maximum Gasteiger partial charge on any atom is 0.341 e. The van der Waals surface area contributed by atoms with Crippen LogP contribution in [0.5, 0.6) is 0 Å². The quantitative estimate of drug-likeness (QED) is 0.751. The summed E-state index contributed by atoms with van der Waals surface area (Å²) in [5.41, 5.74) is 1.76. The summed E-state index contributed by atoms with van der Waals surface area (Å²) in [5, 5.41) is 3.88. The maximum absolute atomic E-state index is 12.9. The summed E-state index contributed by atoms with van der Waals surface area (Å²) < 4.78 is 5.44. The van der Waals surface area contributed by atoms with Crippen molar-refractivity contribution in [2.75, 3.05) is 11.9 Å². The van der Waals surface area contributed by atoms with Gasteiger partial charge in [0.25, 0.3) is 0 Å². The van der Waals surface area contributed by atoms with Crippen molar-refractivity contribution in [1.29, 1.82) is 0 Å². The summed E-state index contributed by atoms with van der Waals surface area (Å²) in [6, 6.07) is 0. The summed E-state index contributed by atoms with van der Waals surface area (Å²) in [4.78, 5) is 26.9. The first-order valence-electron chi connectivity index (χ1n) is 10.2. The molecule has 2 bridgehead atoms. The van der Waals surface area contributed by atoms with E-state index in [1.165, 1.54) is 24.1 Å². The second-order valence-electron chi connectivity index (χ2n) is 8.46. The van der Waals surface area contributed by atoms with Crippen LogP contribution in [0.2, 0.25) is 0 Å². The van der Waals surface area contributed by atoms with Crippen molar-refractivity contribution in [1.82, 2.24) is 0 Å². The van der Waals surface area contributed by atoms with Gasteiger partial charge < -0.3 is 10.1 Å². The molecule has 5 heteroatoms. The number of hydrogen-bond donors (Lipinski definition) is 1. The van der Waals surface area contributed by atoms with Crippen LogP contribution in [0.1, 0.15) is 73.2 Å². The molecule has 1 N–H and O–H groups in total. The number of anilines is 1. The highest BCUT2D eigenvalue weighted by molar-refractivity contribution is 7.17. The van der Waals surface area contributed by atoms with Crippen LogP contribution >= 0.6 is 11.3 Å². The van der Waals surface area contributed by atoms with Gasteiger partial charge >= 0.3 is 5.97 Å². The van der Waals surface area contributed by atoms with Crippen LogP contribution in [0.25, 0.3) is 0 Å². The highest BCUT2D eigenvalue weighted by atomic mass is 32.1. The molecule has 0 radical (unpaired) electrons. The van der Waals surface area contributed by atoms with Gasteiger partial charge in [-0.2, -0.15) is 0 Å². The maximum atomic E-state index is 12.9. The molecule has 0 spiro atoms. The number of amides is 1. The largest absolute Gasteiger partial charge is 0.462 e. The van der Waals surface area contributed by atoms with E-state index < -0.39 is 0 Å². The van der Waals surface area contributed by atoms with E-state index in [1.807, 2.05) is 6.92 Å². The van der Waals surface area contributed by atoms with Crippen molar-refractivity contribution >= 4 is 28.2 Å². The molecule has 4 rings (SSSR count). The molecule has 2 saturated carbocycles. The topological polar surface area (TPSA) is 55.4 Å². The molecule has 0 saturated heterocycles. The predicted molar refractivity (Wildman–Crippen MR) is 104 cm³/mol. The van der Waals surface area contributed by atoms with E-state index in [2.05, 4.69) is 12.2 Å². The van der Waals surface area contributed by atoms with Crippen LogP contribution in [0.4, 0.5) is 5.00 Å². The van der Waals surface area contributed by atoms with Crippen molar-refractivity contribution in [3.8, 4) is 0 Å². The number of rotatable bonds is 5. The van der Waals surface area contributed by atoms with Crippen LogP contribution < -0.4 is 5.32 Å². The molecule has 4 nitrogen and oxygen atoms in total. The Kier molecular flexibility index (Phi) is 5.09. The minimum absolute atomic E-state index is 0.119. The third-order valence-electron chi connectivity index (χ3n) is 6.46. The minimum Gasteiger partial charge on any atom is -0.462 e. The van der Waals surface area contributed by atoms with Gasteiger partial charge in [0.2, 0.25) is 5.91 Å². The van der Waals surface area contributed by atoms with Crippen molar-refractivity contribution in [3.63, 3.8) is 0 Å². The van der Waals surface area contributed by atoms with Gasteiger partial charge in [-0.3, -0.25) is 4.79 Å². The van der Waals surface area contributed by atoms with Crippen LogP contribution in [0.15, 0.2) is 0 Å². The SMILES string of the molecule is CCCOC(=O)c1c(NC(=O)C2CC3CCC2C3)sc2c1CCC(C)C2. The van der Waals surface area contributed by atoms with Crippen molar-refractivity contribution in [3.05, 3.63) is 16.0 Å². The summed E-state index contributed by atoms with van der Waals surface area (Å²) in [5.74, 6) is 1.91. The molecule has 0 aliphatic heterocycles. The van der Waals surface area contributed by atoms with Gasteiger partial charge in [-0.25, -0.2) is 4.79 Å². The summed E-state index contributed by atoms with van der Waals surface area (Å²) in [6.45, 7) is 4.68. The molecule has 3 aliphatic carbocycles. The second kappa shape index (κ2) is 7.34. The van der Waals surface area contributed by atoms with E-state index in [1.54, 1.807) is 11.3 Å². The first kappa shape index (κ1) is 18.0. The molecule has 4 unspecified atom stereocenters. The van der Waals surface area contributed by atoms with Crippen molar-refractivity contribution in [2.24, 2.45) is 23.7 Å². The zero-order valence-electron chi connectivity index (χ0n) is 15.8. The number of esters is 1. The lowest BCUT2D eigenvalue weighted by Gasteiger charge is -2.20. The van der Waals surface area contributed by atoms with E-state index in [-0.39, 0.29) is 17.8 Å². The zero-order chi connectivity index (χ0) is 18.3. The zero-order valence-corrected chi connectivity index (χ0v) is 16.6. The Bertz CT molecular complexity index is 710. The number of nitrogens with one attached hydrogen (secondary N) is 1. The number of carbonyl (C=O) groups is 2. The average Bonchev–Trinajstić information content (AvgIpc) is 3.32. The lowest BCUT2D eigenvalue weighted by atomic mass is 9.87. The summed E-state index contributed by atoms with van der Waals surface area (Å²) in [7, 11) is 0. The van der Waals surface area contributed by atoms with Crippen molar-refractivity contribution in [2.45, 2.75) is 65.2 Å². The average molecular weight is 376 g/mol. The second-order valence-corrected chi connectivity index (χ2v) is 9.57. The third kappa shape index (κ3) is 3.30. The van der Waals surface area contributed by atoms with E-state index in [4.69, 9.17) is 4.74 Å². The molecular formula is C21H29NO3S. The van der Waals surface area contributed by atoms with Gasteiger partial charge in [0.1, 0.15) is 5.00 Å². The predicted octanol–water partition coefficient (Wildman–Crippen LogP) is 4.81. The van der Waals surface area contributed by atoms with E-state index in [0.29, 0.717) is 24.0 Å². The fourth-order valence-electron chi connectivity index (χ4n) is 5.09. The molecule has 1 aromatic rings. The van der Waals surface area contributed by atoms with Gasteiger partial charge in [-0.15, -0.1) is 11.3 Å². The lowest BCUT2D eigenvalue weighted by molar-refractivity contribution is -0.121. The highest BCUT2D eigenvalue weighted by Crippen LogP contribution is 2.49. The lowest BCUT2D eigenvalue weighted by Crippen LogP contribution is -2.27. The van der Waals surface area contributed by atoms with Crippen LogP contribution in [-0.4, -0.2) is 18.5 Å². The van der Waals surface area contributed by atoms with Crippen LogP contribution in [-0.2, 0) is 22.4 Å². The van der Waals surface area contributed by atoms with Gasteiger partial charge in [0.05, 0.1) is 12.2 Å². The molecular weight excluding hydrogens is 346 g/mol. The van der Waals surface area contributed by atoms with Crippen LogP contribution in [0, 0.1) is 23.7 Å². The highest BCUT2D eigenvalue weighted by Gasteiger charge is 2.43. The Morgan fingerprint density at radius 2 is 2.08 bits per heavy atom. The van der Waals surface area contributed by atoms with Gasteiger partial charge in [-0.1, -0.05) is 20.3 Å². The number of ether oxygens (including phenoxy) is 1. The van der Waals surface area contributed by atoms with Gasteiger partial charge in [-0.05, 0) is 68.3 Å². The molecule has 142 valence electrons. The van der Waals surface area contributed by atoms with Gasteiger partial charge in [0, 0.05) is 10.8 Å². The standard InChI is InChI=1S/C21H29NO3S/c1-3-8-25-21(24)18-15-7-4-12(2)9-17(15)26-20(18)22-19(23)16-11-13-5-6-14(16)10-13/h12-14,16H,3-11H2,1-2H3,(H,22,23). The smallest absolute Gasteiger partial charge is 0.341 e. The number of hydrogen-bond acceptors (Lipinski definition) is 4. The Balaban J connectivity index is 1.58. The Morgan fingerprint density at radius 1 is 1.23 bits per heavy atom. The first-order chi connectivity index (χ1) is 12.6. The van der Waals surface area contributed by atoms with Crippen molar-refractivity contribution < 1.29 is 14.3 Å². The Labute approximate surface area is 159 Å².